The van der Waals surface area contributed by atoms with Crippen LogP contribution in [-0.2, 0) is 4.79 Å². The van der Waals surface area contributed by atoms with Gasteiger partial charge < -0.3 is 10.6 Å². The van der Waals surface area contributed by atoms with Gasteiger partial charge >= 0.3 is 0 Å². The summed E-state index contributed by atoms with van der Waals surface area (Å²) in [4.78, 5) is 11.9. The highest BCUT2D eigenvalue weighted by molar-refractivity contribution is 5.99. The number of carbonyl (C=O) groups excluding carboxylic acids is 1. The third-order valence-corrected chi connectivity index (χ3v) is 3.65. The van der Waals surface area contributed by atoms with Crippen LogP contribution < -0.4 is 10.6 Å². The van der Waals surface area contributed by atoms with Crippen LogP contribution in [0.25, 0.3) is 12.2 Å². The Kier molecular flexibility index (Phi) is 4.05. The van der Waals surface area contributed by atoms with Crippen molar-refractivity contribution in [2.75, 3.05) is 10.6 Å². The first-order valence-electron chi connectivity index (χ1n) is 7.31. The molecule has 2 aromatic carbocycles. The summed E-state index contributed by atoms with van der Waals surface area (Å²) in [5.74, 6) is 0.000314. The SMILES string of the molecule is C=C[C@@H]1CC(=O)Nc2cccc(/C=C/c3ccccc3)c2N1. The fourth-order valence-electron chi connectivity index (χ4n) is 2.50. The molecule has 0 aliphatic carbocycles. The summed E-state index contributed by atoms with van der Waals surface area (Å²) < 4.78 is 0. The van der Waals surface area contributed by atoms with E-state index in [1.165, 1.54) is 0 Å². The van der Waals surface area contributed by atoms with E-state index in [0.29, 0.717) is 6.42 Å². The van der Waals surface area contributed by atoms with Gasteiger partial charge in [0.15, 0.2) is 0 Å². The molecule has 22 heavy (non-hydrogen) atoms. The highest BCUT2D eigenvalue weighted by Gasteiger charge is 2.19. The molecule has 1 amide bonds. The Hall–Kier alpha value is -2.81. The van der Waals surface area contributed by atoms with Crippen molar-refractivity contribution in [1.29, 1.82) is 0 Å². The molecule has 0 fully saturated rings. The lowest BCUT2D eigenvalue weighted by molar-refractivity contribution is -0.116. The molecule has 0 saturated heterocycles. The van der Waals surface area contributed by atoms with E-state index >= 15 is 0 Å². The lowest BCUT2D eigenvalue weighted by Gasteiger charge is -2.15. The molecular formula is C19H18N2O. The summed E-state index contributed by atoms with van der Waals surface area (Å²) in [7, 11) is 0. The average molecular weight is 290 g/mol. The molecule has 0 aromatic heterocycles. The van der Waals surface area contributed by atoms with E-state index in [-0.39, 0.29) is 11.9 Å². The highest BCUT2D eigenvalue weighted by Crippen LogP contribution is 2.31. The zero-order valence-corrected chi connectivity index (χ0v) is 12.3. The zero-order valence-electron chi connectivity index (χ0n) is 12.3. The summed E-state index contributed by atoms with van der Waals surface area (Å²) in [5, 5.41) is 6.33. The van der Waals surface area contributed by atoms with Crippen LogP contribution in [0.1, 0.15) is 17.5 Å². The third kappa shape index (κ3) is 3.09. The maximum Gasteiger partial charge on any atom is 0.226 e. The first-order chi connectivity index (χ1) is 10.8. The second-order valence-electron chi connectivity index (χ2n) is 5.25. The summed E-state index contributed by atoms with van der Waals surface area (Å²) in [6.07, 6.45) is 6.28. The van der Waals surface area contributed by atoms with Crippen molar-refractivity contribution in [2.24, 2.45) is 0 Å². The van der Waals surface area contributed by atoms with Gasteiger partial charge in [0.25, 0.3) is 0 Å². The predicted molar refractivity (Wildman–Crippen MR) is 92.7 cm³/mol. The highest BCUT2D eigenvalue weighted by atomic mass is 16.1. The van der Waals surface area contributed by atoms with Crippen LogP contribution in [0.2, 0.25) is 0 Å². The molecule has 1 atom stereocenters. The van der Waals surface area contributed by atoms with Crippen LogP contribution in [0.4, 0.5) is 11.4 Å². The summed E-state index contributed by atoms with van der Waals surface area (Å²) in [6, 6.07) is 16.0. The van der Waals surface area contributed by atoms with Crippen molar-refractivity contribution in [2.45, 2.75) is 12.5 Å². The van der Waals surface area contributed by atoms with Crippen molar-refractivity contribution < 1.29 is 4.79 Å². The molecule has 2 aromatic rings. The smallest absolute Gasteiger partial charge is 0.226 e. The third-order valence-electron chi connectivity index (χ3n) is 3.65. The molecule has 0 bridgehead atoms. The fraction of sp³-hybridized carbons (Fsp3) is 0.105. The number of hydrogen-bond acceptors (Lipinski definition) is 2. The van der Waals surface area contributed by atoms with Crippen molar-refractivity contribution in [3.63, 3.8) is 0 Å². The van der Waals surface area contributed by atoms with E-state index < -0.39 is 0 Å². The Morgan fingerprint density at radius 2 is 1.86 bits per heavy atom. The topological polar surface area (TPSA) is 41.1 Å². The number of anilines is 2. The Morgan fingerprint density at radius 3 is 2.64 bits per heavy atom. The molecule has 2 N–H and O–H groups in total. The van der Waals surface area contributed by atoms with Gasteiger partial charge in [0, 0.05) is 0 Å². The second kappa shape index (κ2) is 6.31. The van der Waals surface area contributed by atoms with E-state index in [0.717, 1.165) is 22.5 Å². The van der Waals surface area contributed by atoms with E-state index in [4.69, 9.17) is 0 Å². The van der Waals surface area contributed by atoms with Crippen LogP contribution in [-0.4, -0.2) is 11.9 Å². The molecule has 0 unspecified atom stereocenters. The molecule has 3 heteroatoms. The first kappa shape index (κ1) is 14.1. The number of amides is 1. The van der Waals surface area contributed by atoms with Crippen molar-refractivity contribution in [3.8, 4) is 0 Å². The monoisotopic (exact) mass is 290 g/mol. The van der Waals surface area contributed by atoms with Gasteiger partial charge in [-0.2, -0.15) is 0 Å². The van der Waals surface area contributed by atoms with Gasteiger partial charge in [0.1, 0.15) is 0 Å². The van der Waals surface area contributed by atoms with Gasteiger partial charge in [-0.25, -0.2) is 0 Å². The molecule has 1 aliphatic heterocycles. The summed E-state index contributed by atoms with van der Waals surface area (Å²) >= 11 is 0. The Bertz CT molecular complexity index is 719. The molecule has 3 rings (SSSR count). The lowest BCUT2D eigenvalue weighted by Crippen LogP contribution is -2.20. The first-order valence-corrected chi connectivity index (χ1v) is 7.31. The zero-order chi connectivity index (χ0) is 15.4. The molecule has 0 spiro atoms. The number of fused-ring (bicyclic) bond motifs is 1. The number of benzene rings is 2. The molecule has 0 saturated carbocycles. The van der Waals surface area contributed by atoms with Crippen molar-refractivity contribution in [3.05, 3.63) is 72.3 Å². The Balaban J connectivity index is 1.96. The van der Waals surface area contributed by atoms with E-state index in [1.54, 1.807) is 6.08 Å². The van der Waals surface area contributed by atoms with Gasteiger partial charge in [0.2, 0.25) is 5.91 Å². The van der Waals surface area contributed by atoms with Gasteiger partial charge in [0.05, 0.1) is 23.8 Å². The number of hydrogen-bond donors (Lipinski definition) is 2. The quantitative estimate of drug-likeness (QED) is 0.658. The number of para-hydroxylation sites is 1. The predicted octanol–water partition coefficient (Wildman–Crippen LogP) is 4.17. The number of carbonyl (C=O) groups is 1. The van der Waals surface area contributed by atoms with Crippen molar-refractivity contribution >= 4 is 29.4 Å². The minimum atomic E-state index is -0.0625. The van der Waals surface area contributed by atoms with Gasteiger partial charge in [-0.05, 0) is 17.2 Å². The Labute approximate surface area is 130 Å². The van der Waals surface area contributed by atoms with E-state index in [9.17, 15) is 4.79 Å². The maximum absolute atomic E-state index is 11.9. The molecule has 0 radical (unpaired) electrons. The molecular weight excluding hydrogens is 272 g/mol. The molecule has 1 heterocycles. The minimum Gasteiger partial charge on any atom is -0.376 e. The van der Waals surface area contributed by atoms with Crippen LogP contribution in [0, 0.1) is 0 Å². The van der Waals surface area contributed by atoms with Gasteiger partial charge in [-0.15, -0.1) is 6.58 Å². The van der Waals surface area contributed by atoms with Crippen LogP contribution >= 0.6 is 0 Å². The molecule has 1 aliphatic rings. The standard InChI is InChI=1S/C19H18N2O/c1-2-16-13-18(22)21-17-10-6-9-15(19(17)20-16)12-11-14-7-4-3-5-8-14/h2-12,16,20H,1,13H2,(H,21,22)/b12-11+/t16-/m1/s1. The summed E-state index contributed by atoms with van der Waals surface area (Å²) in [5.41, 5.74) is 3.92. The van der Waals surface area contributed by atoms with E-state index in [1.807, 2.05) is 36.4 Å². The second-order valence-corrected chi connectivity index (χ2v) is 5.25. The minimum absolute atomic E-state index is 0.000314. The van der Waals surface area contributed by atoms with Crippen LogP contribution in [0.15, 0.2) is 61.2 Å². The lowest BCUT2D eigenvalue weighted by atomic mass is 10.1. The number of rotatable bonds is 3. The maximum atomic E-state index is 11.9. The fourth-order valence-corrected chi connectivity index (χ4v) is 2.50. The average Bonchev–Trinajstić information content (AvgIpc) is 2.71. The molecule has 3 nitrogen and oxygen atoms in total. The largest absolute Gasteiger partial charge is 0.376 e. The van der Waals surface area contributed by atoms with E-state index in [2.05, 4.69) is 41.5 Å². The molecule has 110 valence electrons. The number of nitrogens with one attached hydrogen (secondary N) is 2. The summed E-state index contributed by atoms with van der Waals surface area (Å²) in [6.45, 7) is 3.80. The van der Waals surface area contributed by atoms with Gasteiger partial charge in [-0.3, -0.25) is 4.79 Å². The van der Waals surface area contributed by atoms with Gasteiger partial charge in [-0.1, -0.05) is 60.7 Å². The van der Waals surface area contributed by atoms with Crippen LogP contribution in [0.5, 0.6) is 0 Å². The van der Waals surface area contributed by atoms with Crippen LogP contribution in [0.3, 0.4) is 0 Å². The van der Waals surface area contributed by atoms with Crippen molar-refractivity contribution in [1.82, 2.24) is 0 Å². The Morgan fingerprint density at radius 1 is 1.05 bits per heavy atom. The normalized spacial score (nSPS) is 17.3.